The molecule has 1 amide bonds. The van der Waals surface area contributed by atoms with Gasteiger partial charge in [-0.1, -0.05) is 41.6 Å². The van der Waals surface area contributed by atoms with E-state index < -0.39 is 0 Å². The smallest absolute Gasteiger partial charge is 0.237 e. The zero-order valence-electron chi connectivity index (χ0n) is 13.8. The third kappa shape index (κ3) is 4.21. The number of benzene rings is 2. The van der Waals surface area contributed by atoms with Crippen molar-refractivity contribution < 1.29 is 4.79 Å². The van der Waals surface area contributed by atoms with Crippen molar-refractivity contribution in [1.82, 2.24) is 14.8 Å². The molecule has 0 aliphatic rings. The highest BCUT2D eigenvalue weighted by Gasteiger charge is 2.20. The lowest BCUT2D eigenvalue weighted by Gasteiger charge is -2.13. The summed E-state index contributed by atoms with van der Waals surface area (Å²) in [5.41, 5.74) is 1.68. The first-order chi connectivity index (χ1) is 12.0. The number of carbonyl (C=O) groups is 1. The molecule has 7 heteroatoms. The number of anilines is 1. The van der Waals surface area contributed by atoms with E-state index in [2.05, 4.69) is 15.5 Å². The molecule has 128 valence electrons. The van der Waals surface area contributed by atoms with Crippen LogP contribution in [0.5, 0.6) is 0 Å². The fourth-order valence-electron chi connectivity index (χ4n) is 2.28. The molecule has 0 saturated heterocycles. The van der Waals surface area contributed by atoms with Gasteiger partial charge >= 0.3 is 0 Å². The molecule has 0 bridgehead atoms. The molecule has 1 heterocycles. The largest absolute Gasteiger partial charge is 0.325 e. The van der Waals surface area contributed by atoms with E-state index in [1.165, 1.54) is 11.8 Å². The maximum Gasteiger partial charge on any atom is 0.237 e. The SMILES string of the molecule is Cc1nnc(S[C@H](C)C(=O)Nc2ccc(Cl)cc2)n1-c1ccccc1. The summed E-state index contributed by atoms with van der Waals surface area (Å²) in [6.45, 7) is 3.73. The van der Waals surface area contributed by atoms with Crippen molar-refractivity contribution in [2.24, 2.45) is 0 Å². The maximum absolute atomic E-state index is 12.4. The Bertz CT molecular complexity index is 865. The summed E-state index contributed by atoms with van der Waals surface area (Å²) in [6, 6.07) is 16.9. The first-order valence-electron chi connectivity index (χ1n) is 7.75. The molecule has 2 aromatic carbocycles. The van der Waals surface area contributed by atoms with Gasteiger partial charge in [0, 0.05) is 16.4 Å². The van der Waals surface area contributed by atoms with E-state index in [4.69, 9.17) is 11.6 Å². The highest BCUT2D eigenvalue weighted by atomic mass is 35.5. The van der Waals surface area contributed by atoms with Gasteiger partial charge in [-0.15, -0.1) is 10.2 Å². The second-order valence-electron chi connectivity index (χ2n) is 5.46. The Morgan fingerprint density at radius 2 is 1.80 bits per heavy atom. The average molecular weight is 373 g/mol. The van der Waals surface area contributed by atoms with Crippen LogP contribution in [0.2, 0.25) is 5.02 Å². The van der Waals surface area contributed by atoms with Gasteiger partial charge in [-0.2, -0.15) is 0 Å². The summed E-state index contributed by atoms with van der Waals surface area (Å²) in [6.07, 6.45) is 0. The first-order valence-corrected chi connectivity index (χ1v) is 9.01. The molecular weight excluding hydrogens is 356 g/mol. The first kappa shape index (κ1) is 17.5. The van der Waals surface area contributed by atoms with Gasteiger partial charge in [0.1, 0.15) is 5.82 Å². The normalized spacial score (nSPS) is 12.0. The van der Waals surface area contributed by atoms with E-state index in [0.29, 0.717) is 15.9 Å². The molecule has 0 fully saturated rings. The van der Waals surface area contributed by atoms with E-state index in [9.17, 15) is 4.79 Å². The summed E-state index contributed by atoms with van der Waals surface area (Å²) in [7, 11) is 0. The average Bonchev–Trinajstić information content (AvgIpc) is 2.98. The monoisotopic (exact) mass is 372 g/mol. The number of nitrogens with one attached hydrogen (secondary N) is 1. The van der Waals surface area contributed by atoms with Crippen molar-refractivity contribution in [1.29, 1.82) is 0 Å². The molecule has 0 unspecified atom stereocenters. The van der Waals surface area contributed by atoms with Gasteiger partial charge in [0.2, 0.25) is 5.91 Å². The topological polar surface area (TPSA) is 59.8 Å². The molecule has 0 aliphatic heterocycles. The van der Waals surface area contributed by atoms with Crippen molar-refractivity contribution in [3.8, 4) is 5.69 Å². The number of para-hydroxylation sites is 1. The van der Waals surface area contributed by atoms with Crippen molar-refractivity contribution in [3.63, 3.8) is 0 Å². The zero-order chi connectivity index (χ0) is 17.8. The van der Waals surface area contributed by atoms with Gasteiger partial charge < -0.3 is 5.32 Å². The minimum Gasteiger partial charge on any atom is -0.325 e. The lowest BCUT2D eigenvalue weighted by Crippen LogP contribution is -2.22. The Morgan fingerprint density at radius 3 is 2.48 bits per heavy atom. The summed E-state index contributed by atoms with van der Waals surface area (Å²) in [4.78, 5) is 12.4. The van der Waals surface area contributed by atoms with E-state index in [1.54, 1.807) is 24.3 Å². The van der Waals surface area contributed by atoms with Crippen LogP contribution in [0.4, 0.5) is 5.69 Å². The van der Waals surface area contributed by atoms with E-state index in [0.717, 1.165) is 11.5 Å². The molecule has 0 aliphatic carbocycles. The number of carbonyl (C=O) groups excluding carboxylic acids is 1. The van der Waals surface area contributed by atoms with Crippen molar-refractivity contribution >= 4 is 35.0 Å². The predicted molar refractivity (Wildman–Crippen MR) is 101 cm³/mol. The number of hydrogen-bond acceptors (Lipinski definition) is 4. The Morgan fingerprint density at radius 1 is 1.12 bits per heavy atom. The zero-order valence-corrected chi connectivity index (χ0v) is 15.4. The Hall–Kier alpha value is -2.31. The number of nitrogens with zero attached hydrogens (tertiary/aromatic N) is 3. The molecule has 1 atom stereocenters. The molecule has 0 saturated carbocycles. The van der Waals surface area contributed by atoms with E-state index in [1.807, 2.05) is 48.7 Å². The summed E-state index contributed by atoms with van der Waals surface area (Å²) in [5, 5.41) is 12.2. The fraction of sp³-hybridized carbons (Fsp3) is 0.167. The van der Waals surface area contributed by atoms with Crippen LogP contribution < -0.4 is 5.32 Å². The van der Waals surface area contributed by atoms with Crippen LogP contribution in [0.1, 0.15) is 12.7 Å². The molecule has 1 aromatic heterocycles. The van der Waals surface area contributed by atoms with E-state index >= 15 is 0 Å². The van der Waals surface area contributed by atoms with Gasteiger partial charge in [0.05, 0.1) is 5.25 Å². The van der Waals surface area contributed by atoms with Crippen molar-refractivity contribution in [2.75, 3.05) is 5.32 Å². The van der Waals surface area contributed by atoms with Crippen LogP contribution in [0.15, 0.2) is 59.8 Å². The van der Waals surface area contributed by atoms with Gasteiger partial charge in [-0.05, 0) is 50.2 Å². The van der Waals surface area contributed by atoms with Crippen LogP contribution in [0, 0.1) is 6.92 Å². The minimum absolute atomic E-state index is 0.104. The summed E-state index contributed by atoms with van der Waals surface area (Å²) >= 11 is 7.23. The lowest BCUT2D eigenvalue weighted by molar-refractivity contribution is -0.115. The third-order valence-corrected chi connectivity index (χ3v) is 4.87. The van der Waals surface area contributed by atoms with Crippen LogP contribution in [0.25, 0.3) is 5.69 Å². The molecule has 0 radical (unpaired) electrons. The predicted octanol–water partition coefficient (Wildman–Crippen LogP) is 4.35. The van der Waals surface area contributed by atoms with Gasteiger partial charge in [0.15, 0.2) is 5.16 Å². The Labute approximate surface area is 155 Å². The van der Waals surface area contributed by atoms with E-state index in [-0.39, 0.29) is 11.2 Å². The van der Waals surface area contributed by atoms with Gasteiger partial charge in [0.25, 0.3) is 0 Å². The molecular formula is C18H17ClN4OS. The molecule has 25 heavy (non-hydrogen) atoms. The molecule has 5 nitrogen and oxygen atoms in total. The third-order valence-electron chi connectivity index (χ3n) is 3.57. The number of halogens is 1. The number of aryl methyl sites for hydroxylation is 1. The highest BCUT2D eigenvalue weighted by Crippen LogP contribution is 2.26. The second kappa shape index (κ2) is 7.72. The minimum atomic E-state index is -0.332. The maximum atomic E-state index is 12.4. The number of thioether (sulfide) groups is 1. The molecule has 1 N–H and O–H groups in total. The van der Waals surface area contributed by atoms with Crippen LogP contribution in [0.3, 0.4) is 0 Å². The van der Waals surface area contributed by atoms with Crippen LogP contribution >= 0.6 is 23.4 Å². The fourth-order valence-corrected chi connectivity index (χ4v) is 3.32. The molecule has 0 spiro atoms. The van der Waals surface area contributed by atoms with Crippen LogP contribution in [-0.4, -0.2) is 25.9 Å². The molecule has 3 rings (SSSR count). The quantitative estimate of drug-likeness (QED) is 0.676. The number of aromatic nitrogens is 3. The van der Waals surface area contributed by atoms with Crippen LogP contribution in [-0.2, 0) is 4.79 Å². The number of hydrogen-bond donors (Lipinski definition) is 1. The Kier molecular flexibility index (Phi) is 5.40. The molecule has 3 aromatic rings. The standard InChI is InChI=1S/C18H17ClN4OS/c1-12(17(24)20-15-10-8-14(19)9-11-15)25-18-22-21-13(2)23(18)16-6-4-3-5-7-16/h3-12H,1-2H3,(H,20,24)/t12-/m1/s1. The van der Waals surface area contributed by atoms with Crippen molar-refractivity contribution in [2.45, 2.75) is 24.3 Å². The van der Waals surface area contributed by atoms with Crippen molar-refractivity contribution in [3.05, 3.63) is 65.4 Å². The van der Waals surface area contributed by atoms with Gasteiger partial charge in [-0.3, -0.25) is 9.36 Å². The summed E-state index contributed by atoms with van der Waals surface area (Å²) < 4.78 is 1.94. The van der Waals surface area contributed by atoms with Gasteiger partial charge in [-0.25, -0.2) is 0 Å². The highest BCUT2D eigenvalue weighted by molar-refractivity contribution is 8.00. The Balaban J connectivity index is 1.74. The lowest BCUT2D eigenvalue weighted by atomic mass is 10.3. The second-order valence-corrected chi connectivity index (χ2v) is 7.20. The number of rotatable bonds is 5. The summed E-state index contributed by atoms with van der Waals surface area (Å²) in [5.74, 6) is 0.673. The number of amides is 1.